The van der Waals surface area contributed by atoms with Crippen LogP contribution < -0.4 is 10.6 Å². The van der Waals surface area contributed by atoms with Crippen molar-refractivity contribution in [3.63, 3.8) is 0 Å². The van der Waals surface area contributed by atoms with Crippen molar-refractivity contribution in [2.45, 2.75) is 84.2 Å². The monoisotopic (exact) mass is 346 g/mol. The van der Waals surface area contributed by atoms with E-state index in [1.165, 1.54) is 6.92 Å². The lowest BCUT2D eigenvalue weighted by Gasteiger charge is -2.40. The van der Waals surface area contributed by atoms with E-state index in [1.807, 2.05) is 13.0 Å². The Bertz CT molecular complexity index is 668. The van der Waals surface area contributed by atoms with Crippen LogP contribution in [-0.2, 0) is 16.0 Å². The van der Waals surface area contributed by atoms with Gasteiger partial charge in [-0.05, 0) is 37.7 Å². The van der Waals surface area contributed by atoms with Crippen LogP contribution in [0.1, 0.15) is 82.4 Å². The molecule has 0 aromatic carbocycles. The Kier molecular flexibility index (Phi) is 4.69. The molecule has 2 N–H and O–H groups in total. The predicted octanol–water partition coefficient (Wildman–Crippen LogP) is 3.56. The molecule has 1 atom stereocenters. The van der Waals surface area contributed by atoms with Crippen molar-refractivity contribution in [3.05, 3.63) is 23.2 Å². The van der Waals surface area contributed by atoms with Crippen molar-refractivity contribution >= 4 is 11.8 Å². The van der Waals surface area contributed by atoms with Gasteiger partial charge in [-0.15, -0.1) is 0 Å². The van der Waals surface area contributed by atoms with Crippen molar-refractivity contribution < 1.29 is 14.0 Å². The zero-order chi connectivity index (χ0) is 18.2. The Morgan fingerprint density at radius 1 is 1.20 bits per heavy atom. The maximum Gasteiger partial charge on any atom is 0.246 e. The summed E-state index contributed by atoms with van der Waals surface area (Å²) in [4.78, 5) is 24.9. The average molecular weight is 346 g/mol. The van der Waals surface area contributed by atoms with Crippen molar-refractivity contribution in [1.82, 2.24) is 10.6 Å². The van der Waals surface area contributed by atoms with Gasteiger partial charge in [0.25, 0.3) is 0 Å². The van der Waals surface area contributed by atoms with E-state index in [4.69, 9.17) is 4.42 Å². The summed E-state index contributed by atoms with van der Waals surface area (Å²) < 4.78 is 5.87. The van der Waals surface area contributed by atoms with E-state index in [0.29, 0.717) is 12.8 Å². The largest absolute Gasteiger partial charge is 0.466 e. The minimum Gasteiger partial charge on any atom is -0.466 e. The third-order valence-electron chi connectivity index (χ3n) is 5.60. The first-order chi connectivity index (χ1) is 11.7. The Hall–Kier alpha value is -1.78. The third kappa shape index (κ3) is 3.75. The van der Waals surface area contributed by atoms with E-state index < -0.39 is 5.54 Å². The highest BCUT2D eigenvalue weighted by atomic mass is 16.3. The van der Waals surface area contributed by atoms with Crippen molar-refractivity contribution in [2.24, 2.45) is 5.41 Å². The van der Waals surface area contributed by atoms with Crippen LogP contribution in [0.4, 0.5) is 0 Å². The summed E-state index contributed by atoms with van der Waals surface area (Å²) in [6, 6.07) is 1.98. The van der Waals surface area contributed by atoms with Crippen LogP contribution >= 0.6 is 0 Å². The zero-order valence-corrected chi connectivity index (χ0v) is 15.8. The maximum atomic E-state index is 13.2. The zero-order valence-electron chi connectivity index (χ0n) is 15.8. The van der Waals surface area contributed by atoms with Crippen LogP contribution in [0.15, 0.2) is 10.5 Å². The molecule has 2 aliphatic rings. The number of furan rings is 1. The van der Waals surface area contributed by atoms with Gasteiger partial charge in [0, 0.05) is 18.9 Å². The quantitative estimate of drug-likeness (QED) is 0.879. The van der Waals surface area contributed by atoms with Gasteiger partial charge in [-0.25, -0.2) is 0 Å². The number of hydrogen-bond donors (Lipinski definition) is 2. The molecule has 0 aliphatic heterocycles. The molecule has 1 aromatic heterocycles. The van der Waals surface area contributed by atoms with E-state index in [1.54, 1.807) is 0 Å². The molecule has 1 fully saturated rings. The first kappa shape index (κ1) is 18.0. The van der Waals surface area contributed by atoms with Crippen LogP contribution in [0.25, 0.3) is 0 Å². The predicted molar refractivity (Wildman–Crippen MR) is 96.1 cm³/mol. The lowest BCUT2D eigenvalue weighted by molar-refractivity contribution is -0.135. The van der Waals surface area contributed by atoms with Gasteiger partial charge in [0.05, 0.1) is 6.04 Å². The van der Waals surface area contributed by atoms with E-state index in [0.717, 1.165) is 49.2 Å². The molecule has 3 rings (SSSR count). The molecule has 25 heavy (non-hydrogen) atoms. The molecule has 0 spiro atoms. The molecule has 0 bridgehead atoms. The average Bonchev–Trinajstić information content (AvgIpc) is 2.86. The first-order valence-electron chi connectivity index (χ1n) is 9.40. The molecular weight excluding hydrogens is 316 g/mol. The van der Waals surface area contributed by atoms with Gasteiger partial charge in [0.1, 0.15) is 17.1 Å². The third-order valence-corrected chi connectivity index (χ3v) is 5.60. The number of nitrogens with one attached hydrogen (secondary N) is 2. The van der Waals surface area contributed by atoms with Crippen LogP contribution in [0.5, 0.6) is 0 Å². The second-order valence-corrected chi connectivity index (χ2v) is 8.63. The number of rotatable bonds is 3. The van der Waals surface area contributed by atoms with E-state index >= 15 is 0 Å². The topological polar surface area (TPSA) is 71.3 Å². The molecule has 2 amide bonds. The fourth-order valence-electron chi connectivity index (χ4n) is 4.51. The number of hydrogen-bond acceptors (Lipinski definition) is 3. The summed E-state index contributed by atoms with van der Waals surface area (Å²) in [6.45, 7) is 7.85. The number of aryl methyl sites for hydroxylation is 1. The second-order valence-electron chi connectivity index (χ2n) is 8.63. The highest BCUT2D eigenvalue weighted by Crippen LogP contribution is 2.42. The van der Waals surface area contributed by atoms with Gasteiger partial charge < -0.3 is 15.1 Å². The fraction of sp³-hybridized carbons (Fsp3) is 0.700. The number of carbonyl (C=O) groups is 2. The Balaban J connectivity index is 1.84. The van der Waals surface area contributed by atoms with Crippen molar-refractivity contribution in [1.29, 1.82) is 0 Å². The van der Waals surface area contributed by atoms with Crippen molar-refractivity contribution in [3.8, 4) is 0 Å². The Labute approximate surface area is 149 Å². The highest BCUT2D eigenvalue weighted by molar-refractivity contribution is 5.91. The Morgan fingerprint density at radius 3 is 2.52 bits per heavy atom. The van der Waals surface area contributed by atoms with E-state index in [2.05, 4.69) is 24.5 Å². The van der Waals surface area contributed by atoms with Gasteiger partial charge in [-0.1, -0.05) is 33.1 Å². The number of fused-ring (bicyclic) bond motifs is 1. The molecule has 5 heteroatoms. The maximum absolute atomic E-state index is 13.2. The van der Waals surface area contributed by atoms with Crippen LogP contribution in [0.2, 0.25) is 0 Å². The molecule has 1 heterocycles. The molecular formula is C20H30N2O3. The standard InChI is InChI=1S/C20H30N2O3/c1-13-10-15-16(11-19(3,4)12-17(15)25-13)21-18(24)20(22-14(2)23)8-6-5-7-9-20/h10,16H,5-9,11-12H2,1-4H3,(H,21,24)(H,22,23)/t16-/m0/s1. The van der Waals surface area contributed by atoms with Crippen molar-refractivity contribution in [2.75, 3.05) is 0 Å². The van der Waals surface area contributed by atoms with Gasteiger partial charge in [-0.2, -0.15) is 0 Å². The highest BCUT2D eigenvalue weighted by Gasteiger charge is 2.43. The van der Waals surface area contributed by atoms with E-state index in [9.17, 15) is 9.59 Å². The molecule has 1 saturated carbocycles. The summed E-state index contributed by atoms with van der Waals surface area (Å²) in [5, 5.41) is 6.21. The number of amides is 2. The first-order valence-corrected chi connectivity index (χ1v) is 9.40. The summed E-state index contributed by atoms with van der Waals surface area (Å²) >= 11 is 0. The molecule has 0 radical (unpaired) electrons. The molecule has 1 aromatic rings. The molecule has 0 unspecified atom stereocenters. The number of carbonyl (C=O) groups excluding carboxylic acids is 2. The summed E-state index contributed by atoms with van der Waals surface area (Å²) in [5.41, 5.74) is 0.409. The lowest BCUT2D eigenvalue weighted by Crippen LogP contribution is -2.60. The van der Waals surface area contributed by atoms with Gasteiger partial charge >= 0.3 is 0 Å². The van der Waals surface area contributed by atoms with Gasteiger partial charge in [0.2, 0.25) is 11.8 Å². The molecule has 138 valence electrons. The lowest BCUT2D eigenvalue weighted by atomic mass is 9.74. The van der Waals surface area contributed by atoms with Gasteiger partial charge in [0.15, 0.2) is 0 Å². The molecule has 2 aliphatic carbocycles. The molecule has 5 nitrogen and oxygen atoms in total. The van der Waals surface area contributed by atoms with Crippen LogP contribution in [0, 0.1) is 12.3 Å². The van der Waals surface area contributed by atoms with Crippen LogP contribution in [0.3, 0.4) is 0 Å². The minimum atomic E-state index is -0.759. The van der Waals surface area contributed by atoms with Gasteiger partial charge in [-0.3, -0.25) is 9.59 Å². The Morgan fingerprint density at radius 2 is 1.88 bits per heavy atom. The normalized spacial score (nSPS) is 24.2. The fourth-order valence-corrected chi connectivity index (χ4v) is 4.51. The minimum absolute atomic E-state index is 0.0464. The molecule has 0 saturated heterocycles. The second kappa shape index (κ2) is 6.50. The van der Waals surface area contributed by atoms with Crippen LogP contribution in [-0.4, -0.2) is 17.4 Å². The smallest absolute Gasteiger partial charge is 0.246 e. The van der Waals surface area contributed by atoms with E-state index in [-0.39, 0.29) is 23.3 Å². The summed E-state index contributed by atoms with van der Waals surface area (Å²) in [5.74, 6) is 1.68. The summed E-state index contributed by atoms with van der Waals surface area (Å²) in [7, 11) is 0. The summed E-state index contributed by atoms with van der Waals surface area (Å²) in [6.07, 6.45) is 6.26. The SMILES string of the molecule is CC(=O)NC1(C(=O)N[C@H]2CC(C)(C)Cc3oc(C)cc32)CCCCC1.